The van der Waals surface area contributed by atoms with Gasteiger partial charge in [-0.2, -0.15) is 0 Å². The minimum Gasteiger partial charge on any atom is -0.492 e. The van der Waals surface area contributed by atoms with Crippen LogP contribution >= 0.6 is 11.6 Å². The number of aromatic nitrogens is 2. The first kappa shape index (κ1) is 9.98. The highest BCUT2D eigenvalue weighted by Gasteiger charge is 2.08. The van der Waals surface area contributed by atoms with Crippen LogP contribution in [0.3, 0.4) is 0 Å². The monoisotopic (exact) mass is 223 g/mol. The highest BCUT2D eigenvalue weighted by atomic mass is 35.5. The third-order valence-electron chi connectivity index (χ3n) is 1.99. The number of anilines is 1. The maximum absolute atomic E-state index is 5.74. The molecule has 0 aliphatic rings. The van der Waals surface area contributed by atoms with Gasteiger partial charge in [-0.25, -0.2) is 9.97 Å². The normalized spacial score (nSPS) is 10.5. The third kappa shape index (κ3) is 1.80. The van der Waals surface area contributed by atoms with Crippen LogP contribution in [0.1, 0.15) is 6.92 Å². The molecule has 2 rings (SSSR count). The van der Waals surface area contributed by atoms with Crippen LogP contribution in [0.4, 0.5) is 5.82 Å². The number of hydrogen-bond donors (Lipinski definition) is 1. The number of nitrogens with zero attached hydrogens (tertiary/aromatic N) is 2. The highest BCUT2D eigenvalue weighted by Crippen LogP contribution is 2.27. The minimum atomic E-state index is 0.132. The van der Waals surface area contributed by atoms with Crippen molar-refractivity contribution >= 4 is 28.3 Å². The van der Waals surface area contributed by atoms with E-state index in [1.54, 1.807) is 0 Å². The molecule has 0 fully saturated rings. The maximum Gasteiger partial charge on any atom is 0.225 e. The van der Waals surface area contributed by atoms with Gasteiger partial charge in [0.2, 0.25) is 5.28 Å². The molecule has 1 aromatic heterocycles. The fraction of sp³-hybridized carbons (Fsp3) is 0.200. The molecule has 1 aromatic carbocycles. The Labute approximate surface area is 92.0 Å². The second kappa shape index (κ2) is 3.90. The fourth-order valence-electron chi connectivity index (χ4n) is 1.39. The summed E-state index contributed by atoms with van der Waals surface area (Å²) in [6.07, 6.45) is 0. The molecule has 0 saturated heterocycles. The number of hydrogen-bond acceptors (Lipinski definition) is 4. The number of nitrogens with two attached hydrogens (primary N) is 1. The van der Waals surface area contributed by atoms with Crippen LogP contribution < -0.4 is 10.5 Å². The molecule has 1 heterocycles. The van der Waals surface area contributed by atoms with E-state index in [1.165, 1.54) is 0 Å². The zero-order valence-corrected chi connectivity index (χ0v) is 8.95. The summed E-state index contributed by atoms with van der Waals surface area (Å²) >= 11 is 5.74. The van der Waals surface area contributed by atoms with E-state index in [2.05, 4.69) is 9.97 Å². The molecule has 4 nitrogen and oxygen atoms in total. The molecule has 0 aliphatic heterocycles. The summed E-state index contributed by atoms with van der Waals surface area (Å²) in [4.78, 5) is 7.98. The number of benzene rings is 1. The predicted octanol–water partition coefficient (Wildman–Crippen LogP) is 2.26. The van der Waals surface area contributed by atoms with E-state index in [4.69, 9.17) is 22.1 Å². The fourth-order valence-corrected chi connectivity index (χ4v) is 1.57. The zero-order chi connectivity index (χ0) is 10.8. The van der Waals surface area contributed by atoms with Gasteiger partial charge >= 0.3 is 0 Å². The molecule has 78 valence electrons. The lowest BCUT2D eigenvalue weighted by atomic mass is 10.2. The van der Waals surface area contributed by atoms with Gasteiger partial charge in [0.25, 0.3) is 0 Å². The third-order valence-corrected chi connectivity index (χ3v) is 2.16. The van der Waals surface area contributed by atoms with Crippen LogP contribution in [0.15, 0.2) is 18.2 Å². The topological polar surface area (TPSA) is 61.0 Å². The van der Waals surface area contributed by atoms with E-state index >= 15 is 0 Å². The lowest BCUT2D eigenvalue weighted by molar-refractivity contribution is 0.343. The van der Waals surface area contributed by atoms with Crippen molar-refractivity contribution in [3.63, 3.8) is 0 Å². The molecular weight excluding hydrogens is 214 g/mol. The Hall–Kier alpha value is -1.55. The van der Waals surface area contributed by atoms with Crippen molar-refractivity contribution in [2.45, 2.75) is 6.92 Å². The smallest absolute Gasteiger partial charge is 0.225 e. The first-order valence-electron chi connectivity index (χ1n) is 4.57. The summed E-state index contributed by atoms with van der Waals surface area (Å²) in [5, 5.41) is 0.887. The lowest BCUT2D eigenvalue weighted by Gasteiger charge is -2.07. The molecule has 0 radical (unpaired) electrons. The van der Waals surface area contributed by atoms with Crippen LogP contribution in [-0.2, 0) is 0 Å². The van der Waals surface area contributed by atoms with Crippen LogP contribution in [-0.4, -0.2) is 16.6 Å². The summed E-state index contributed by atoms with van der Waals surface area (Å²) in [6.45, 7) is 2.48. The number of ether oxygens (including phenoxy) is 1. The van der Waals surface area contributed by atoms with Gasteiger partial charge in [-0.15, -0.1) is 0 Å². The van der Waals surface area contributed by atoms with Crippen molar-refractivity contribution in [1.29, 1.82) is 0 Å². The number of nitrogen functional groups attached to an aromatic ring is 1. The van der Waals surface area contributed by atoms with Gasteiger partial charge < -0.3 is 10.5 Å². The average Bonchev–Trinajstić information content (AvgIpc) is 2.19. The van der Waals surface area contributed by atoms with E-state index in [0.717, 1.165) is 5.39 Å². The van der Waals surface area contributed by atoms with Crippen LogP contribution in [0.2, 0.25) is 5.28 Å². The van der Waals surface area contributed by atoms with Gasteiger partial charge in [0, 0.05) is 5.39 Å². The molecule has 0 spiro atoms. The Morgan fingerprint density at radius 1 is 1.40 bits per heavy atom. The Morgan fingerprint density at radius 3 is 2.93 bits per heavy atom. The van der Waals surface area contributed by atoms with Crippen LogP contribution in [0, 0.1) is 0 Å². The molecular formula is C10H10ClN3O. The number of fused-ring (bicyclic) bond motifs is 1. The second-order valence-electron chi connectivity index (χ2n) is 2.96. The van der Waals surface area contributed by atoms with Gasteiger partial charge in [-0.05, 0) is 30.7 Å². The van der Waals surface area contributed by atoms with Gasteiger partial charge in [0.1, 0.15) is 17.1 Å². The second-order valence-corrected chi connectivity index (χ2v) is 3.30. The standard InChI is InChI=1S/C10H10ClN3O/c1-2-15-7-5-3-4-6-8(7)13-10(11)14-9(6)12/h3-5H,2H2,1H3,(H2,12,13,14). The van der Waals surface area contributed by atoms with Crippen molar-refractivity contribution < 1.29 is 4.74 Å². The quantitative estimate of drug-likeness (QED) is 0.794. The van der Waals surface area contributed by atoms with Crippen LogP contribution in [0.5, 0.6) is 5.75 Å². The van der Waals surface area contributed by atoms with Gasteiger partial charge in [-0.1, -0.05) is 6.07 Å². The summed E-state index contributed by atoms with van der Waals surface area (Å²) in [5.41, 5.74) is 6.38. The SMILES string of the molecule is CCOc1cccc2c(N)nc(Cl)nc12. The van der Waals surface area contributed by atoms with Gasteiger partial charge in [0.05, 0.1) is 6.61 Å². The Balaban J connectivity index is 2.73. The minimum absolute atomic E-state index is 0.132. The summed E-state index contributed by atoms with van der Waals surface area (Å²) in [5.74, 6) is 1.04. The summed E-state index contributed by atoms with van der Waals surface area (Å²) in [7, 11) is 0. The Kier molecular flexibility index (Phi) is 2.60. The van der Waals surface area contributed by atoms with Crippen molar-refractivity contribution in [3.8, 4) is 5.75 Å². The van der Waals surface area contributed by atoms with Crippen molar-refractivity contribution in [2.24, 2.45) is 0 Å². The molecule has 0 unspecified atom stereocenters. The van der Waals surface area contributed by atoms with Crippen molar-refractivity contribution in [2.75, 3.05) is 12.3 Å². The highest BCUT2D eigenvalue weighted by molar-refractivity contribution is 6.28. The van der Waals surface area contributed by atoms with E-state index in [0.29, 0.717) is 23.7 Å². The molecule has 2 N–H and O–H groups in total. The van der Waals surface area contributed by atoms with Gasteiger partial charge in [0.15, 0.2) is 0 Å². The molecule has 2 aromatic rings. The largest absolute Gasteiger partial charge is 0.492 e. The van der Waals surface area contributed by atoms with E-state index in [9.17, 15) is 0 Å². The van der Waals surface area contributed by atoms with E-state index in [1.807, 2.05) is 25.1 Å². The van der Waals surface area contributed by atoms with E-state index < -0.39 is 0 Å². The maximum atomic E-state index is 5.74. The summed E-state index contributed by atoms with van der Waals surface area (Å²) < 4.78 is 5.42. The molecule has 0 atom stereocenters. The molecule has 0 amide bonds. The average molecular weight is 224 g/mol. The van der Waals surface area contributed by atoms with Gasteiger partial charge in [-0.3, -0.25) is 0 Å². The van der Waals surface area contributed by atoms with Crippen molar-refractivity contribution in [1.82, 2.24) is 9.97 Å². The van der Waals surface area contributed by atoms with Crippen LogP contribution in [0.25, 0.3) is 10.9 Å². The summed E-state index contributed by atoms with van der Waals surface area (Å²) in [6, 6.07) is 5.51. The van der Waals surface area contributed by atoms with Crippen molar-refractivity contribution in [3.05, 3.63) is 23.5 Å². The Bertz CT molecular complexity index is 501. The zero-order valence-electron chi connectivity index (χ0n) is 8.20. The predicted molar refractivity (Wildman–Crippen MR) is 60.1 cm³/mol. The first-order chi connectivity index (χ1) is 7.22. The first-order valence-corrected chi connectivity index (χ1v) is 4.94. The molecule has 5 heteroatoms. The molecule has 0 bridgehead atoms. The van der Waals surface area contributed by atoms with E-state index in [-0.39, 0.29) is 5.28 Å². The molecule has 0 saturated carbocycles. The number of halogens is 1. The Morgan fingerprint density at radius 2 is 2.20 bits per heavy atom. The lowest BCUT2D eigenvalue weighted by Crippen LogP contribution is -1.98. The molecule has 0 aliphatic carbocycles. The number of rotatable bonds is 2. The number of para-hydroxylation sites is 1. The molecule has 15 heavy (non-hydrogen) atoms.